The van der Waals surface area contributed by atoms with Crippen LogP contribution in [0.5, 0.6) is 0 Å². The highest BCUT2D eigenvalue weighted by Gasteiger charge is 2.43. The molecule has 2 aromatic rings. The van der Waals surface area contributed by atoms with E-state index in [2.05, 4.69) is 88.5 Å². The van der Waals surface area contributed by atoms with E-state index in [4.69, 9.17) is 0 Å². The van der Waals surface area contributed by atoms with Gasteiger partial charge >= 0.3 is 0 Å². The van der Waals surface area contributed by atoms with Crippen LogP contribution in [0.3, 0.4) is 0 Å². The SMILES string of the molecule is Cc1ccccc1/C=C/C1CCNC2NC(N3CCc4ccccc4C3)NC(=O)C12. The molecule has 4 unspecified atom stereocenters. The summed E-state index contributed by atoms with van der Waals surface area (Å²) in [5.41, 5.74) is 5.26. The van der Waals surface area contributed by atoms with Gasteiger partial charge < -0.3 is 10.6 Å². The molecule has 2 saturated heterocycles. The second-order valence-electron chi connectivity index (χ2n) is 8.69. The van der Waals surface area contributed by atoms with Crippen molar-refractivity contribution in [1.82, 2.24) is 20.9 Å². The molecule has 2 aromatic carbocycles. The Morgan fingerprint density at radius 1 is 1.07 bits per heavy atom. The van der Waals surface area contributed by atoms with E-state index in [0.717, 1.165) is 32.5 Å². The zero-order valence-corrected chi connectivity index (χ0v) is 17.5. The third kappa shape index (κ3) is 3.81. The fourth-order valence-corrected chi connectivity index (χ4v) is 5.06. The maximum atomic E-state index is 13.2. The van der Waals surface area contributed by atoms with Crippen LogP contribution in [0.1, 0.15) is 28.7 Å². The smallest absolute Gasteiger partial charge is 0.228 e. The Kier molecular flexibility index (Phi) is 5.42. The van der Waals surface area contributed by atoms with Gasteiger partial charge in [-0.25, -0.2) is 0 Å². The number of carbonyl (C=O) groups excluding carboxylic acids is 1. The summed E-state index contributed by atoms with van der Waals surface area (Å²) in [6.45, 7) is 4.85. The lowest BCUT2D eigenvalue weighted by Crippen LogP contribution is -2.72. The minimum absolute atomic E-state index is 0.00110. The van der Waals surface area contributed by atoms with E-state index in [9.17, 15) is 4.79 Å². The molecule has 5 rings (SSSR count). The molecule has 1 amide bonds. The molecule has 0 radical (unpaired) electrons. The van der Waals surface area contributed by atoms with Gasteiger partial charge in [-0.1, -0.05) is 60.7 Å². The summed E-state index contributed by atoms with van der Waals surface area (Å²) < 4.78 is 0. The molecule has 3 aliphatic rings. The minimum Gasteiger partial charge on any atom is -0.328 e. The first-order chi connectivity index (χ1) is 14.7. The Balaban J connectivity index is 1.29. The topological polar surface area (TPSA) is 56.4 Å². The lowest BCUT2D eigenvalue weighted by Gasteiger charge is -2.47. The number of hydrogen-bond acceptors (Lipinski definition) is 4. The lowest BCUT2D eigenvalue weighted by molar-refractivity contribution is -0.136. The van der Waals surface area contributed by atoms with Crippen LogP contribution in [0.4, 0.5) is 0 Å². The van der Waals surface area contributed by atoms with Crippen LogP contribution in [-0.4, -0.2) is 36.4 Å². The normalized spacial score (nSPS) is 29.3. The molecule has 3 aliphatic heterocycles. The molecule has 0 aromatic heterocycles. The molecule has 3 N–H and O–H groups in total. The Labute approximate surface area is 178 Å². The fourth-order valence-electron chi connectivity index (χ4n) is 5.06. The van der Waals surface area contributed by atoms with Crippen molar-refractivity contribution < 1.29 is 4.79 Å². The van der Waals surface area contributed by atoms with Gasteiger partial charge in [0, 0.05) is 13.1 Å². The summed E-state index contributed by atoms with van der Waals surface area (Å²) in [6, 6.07) is 17.0. The molecule has 5 nitrogen and oxygen atoms in total. The Morgan fingerprint density at radius 2 is 1.87 bits per heavy atom. The van der Waals surface area contributed by atoms with Crippen LogP contribution in [0.15, 0.2) is 54.6 Å². The largest absolute Gasteiger partial charge is 0.328 e. The van der Waals surface area contributed by atoms with E-state index >= 15 is 0 Å². The van der Waals surface area contributed by atoms with Crippen LogP contribution in [-0.2, 0) is 17.8 Å². The quantitative estimate of drug-likeness (QED) is 0.739. The zero-order valence-electron chi connectivity index (χ0n) is 17.5. The first-order valence-electron chi connectivity index (χ1n) is 11.0. The number of piperidine rings is 1. The summed E-state index contributed by atoms with van der Waals surface area (Å²) in [7, 11) is 0. The van der Waals surface area contributed by atoms with Gasteiger partial charge in [0.05, 0.1) is 12.1 Å². The van der Waals surface area contributed by atoms with E-state index in [-0.39, 0.29) is 30.2 Å². The third-order valence-corrected chi connectivity index (χ3v) is 6.82. The van der Waals surface area contributed by atoms with Crippen LogP contribution >= 0.6 is 0 Å². The van der Waals surface area contributed by atoms with Crippen LogP contribution < -0.4 is 16.0 Å². The van der Waals surface area contributed by atoms with Crippen molar-refractivity contribution in [2.45, 2.75) is 38.8 Å². The molecule has 30 heavy (non-hydrogen) atoms. The van der Waals surface area contributed by atoms with E-state index in [1.807, 2.05) is 0 Å². The molecular formula is C25H30N4O. The molecule has 0 bridgehead atoms. The number of rotatable bonds is 3. The Hall–Kier alpha value is -2.47. The number of hydrogen-bond donors (Lipinski definition) is 3. The van der Waals surface area contributed by atoms with Crippen molar-refractivity contribution in [3.8, 4) is 0 Å². The average molecular weight is 403 g/mol. The van der Waals surface area contributed by atoms with Crippen molar-refractivity contribution in [2.75, 3.05) is 13.1 Å². The van der Waals surface area contributed by atoms with Crippen molar-refractivity contribution in [2.24, 2.45) is 11.8 Å². The molecule has 0 spiro atoms. The van der Waals surface area contributed by atoms with Gasteiger partial charge in [-0.15, -0.1) is 0 Å². The highest BCUT2D eigenvalue weighted by Crippen LogP contribution is 2.29. The maximum absolute atomic E-state index is 13.2. The predicted octanol–water partition coefficient (Wildman–Crippen LogP) is 2.62. The van der Waals surface area contributed by atoms with Gasteiger partial charge in [-0.3, -0.25) is 15.0 Å². The number of fused-ring (bicyclic) bond motifs is 2. The number of benzene rings is 2. The highest BCUT2D eigenvalue weighted by atomic mass is 16.2. The molecule has 2 fully saturated rings. The van der Waals surface area contributed by atoms with Crippen molar-refractivity contribution in [1.29, 1.82) is 0 Å². The number of nitrogens with one attached hydrogen (secondary N) is 3. The molecule has 156 valence electrons. The minimum atomic E-state index is -0.126. The van der Waals surface area contributed by atoms with Gasteiger partial charge in [0.15, 0.2) is 0 Å². The first kappa shape index (κ1) is 19.5. The van der Waals surface area contributed by atoms with E-state index < -0.39 is 0 Å². The second kappa shape index (κ2) is 8.34. The molecule has 0 saturated carbocycles. The highest BCUT2D eigenvalue weighted by molar-refractivity contribution is 5.81. The van der Waals surface area contributed by atoms with Crippen molar-refractivity contribution in [3.63, 3.8) is 0 Å². The number of carbonyl (C=O) groups is 1. The van der Waals surface area contributed by atoms with Gasteiger partial charge in [-0.2, -0.15) is 0 Å². The second-order valence-corrected chi connectivity index (χ2v) is 8.69. The number of aryl methyl sites for hydroxylation is 1. The fraction of sp³-hybridized carbons (Fsp3) is 0.400. The van der Waals surface area contributed by atoms with Crippen LogP contribution in [0.25, 0.3) is 6.08 Å². The first-order valence-corrected chi connectivity index (χ1v) is 11.0. The van der Waals surface area contributed by atoms with Gasteiger partial charge in [-0.05, 0) is 54.5 Å². The monoisotopic (exact) mass is 402 g/mol. The third-order valence-electron chi connectivity index (χ3n) is 6.82. The summed E-state index contributed by atoms with van der Waals surface area (Å²) in [4.78, 5) is 15.5. The van der Waals surface area contributed by atoms with Crippen molar-refractivity contribution in [3.05, 3.63) is 76.9 Å². The molecule has 0 aliphatic carbocycles. The summed E-state index contributed by atoms with van der Waals surface area (Å²) in [5, 5.41) is 10.5. The van der Waals surface area contributed by atoms with Crippen LogP contribution in [0.2, 0.25) is 0 Å². The zero-order chi connectivity index (χ0) is 20.5. The number of allylic oxidation sites excluding steroid dienone is 1. The molecule has 3 heterocycles. The number of amides is 1. The van der Waals surface area contributed by atoms with E-state index in [1.165, 1.54) is 22.3 Å². The summed E-state index contributed by atoms with van der Waals surface area (Å²) in [5.74, 6) is 0.285. The van der Waals surface area contributed by atoms with E-state index in [1.54, 1.807) is 0 Å². The van der Waals surface area contributed by atoms with Gasteiger partial charge in [0.25, 0.3) is 0 Å². The van der Waals surface area contributed by atoms with E-state index in [0.29, 0.717) is 0 Å². The Bertz CT molecular complexity index is 956. The average Bonchev–Trinajstić information content (AvgIpc) is 2.78. The molecule has 5 heteroatoms. The summed E-state index contributed by atoms with van der Waals surface area (Å²) >= 11 is 0. The lowest BCUT2D eigenvalue weighted by atomic mass is 9.81. The molecular weight excluding hydrogens is 372 g/mol. The van der Waals surface area contributed by atoms with Crippen molar-refractivity contribution >= 4 is 12.0 Å². The summed E-state index contributed by atoms with van der Waals surface area (Å²) in [6.07, 6.45) is 6.29. The maximum Gasteiger partial charge on any atom is 0.228 e. The Morgan fingerprint density at radius 3 is 2.73 bits per heavy atom. The standard InChI is InChI=1S/C25H30N4O/c1-17-6-2-3-7-18(17)10-11-20-12-14-26-23-22(20)24(30)28-25(27-23)29-15-13-19-8-4-5-9-21(19)16-29/h2-11,20,22-23,25-27H,12-16H2,1H3,(H,28,30)/b11-10+. The van der Waals surface area contributed by atoms with Crippen LogP contribution in [0, 0.1) is 18.8 Å². The molecule has 4 atom stereocenters. The van der Waals surface area contributed by atoms with Gasteiger partial charge in [0.2, 0.25) is 5.91 Å². The number of nitrogens with zero attached hydrogens (tertiary/aromatic N) is 1. The van der Waals surface area contributed by atoms with Gasteiger partial charge in [0.1, 0.15) is 6.29 Å². The predicted molar refractivity (Wildman–Crippen MR) is 119 cm³/mol.